The van der Waals surface area contributed by atoms with Crippen LogP contribution in [0.1, 0.15) is 48.5 Å². The summed E-state index contributed by atoms with van der Waals surface area (Å²) in [4.78, 5) is 26.7. The molecule has 0 unspecified atom stereocenters. The van der Waals surface area contributed by atoms with Crippen molar-refractivity contribution >= 4 is 21.7 Å². The lowest BCUT2D eigenvalue weighted by molar-refractivity contribution is -0.139. The first-order chi connectivity index (χ1) is 11.7. The second-order valence-electron chi connectivity index (χ2n) is 6.54. The van der Waals surface area contributed by atoms with E-state index in [-0.39, 0.29) is 16.4 Å². The van der Waals surface area contributed by atoms with Crippen LogP contribution in [-0.4, -0.2) is 50.6 Å². The summed E-state index contributed by atoms with van der Waals surface area (Å²) in [5.41, 5.74) is 0.769. The monoisotopic (exact) mass is 367 g/mol. The average Bonchev–Trinajstić information content (AvgIpc) is 2.82. The quantitative estimate of drug-likeness (QED) is 0.763. The molecule has 1 saturated heterocycles. The van der Waals surface area contributed by atoms with Crippen LogP contribution in [0.5, 0.6) is 0 Å². The molecule has 1 aliphatic rings. The van der Waals surface area contributed by atoms with E-state index in [0.717, 1.165) is 31.9 Å². The molecule has 2 rings (SSSR count). The minimum atomic E-state index is -3.42. The van der Waals surface area contributed by atoms with Crippen LogP contribution in [0.4, 0.5) is 0 Å². The van der Waals surface area contributed by atoms with Gasteiger partial charge in [0.2, 0.25) is 0 Å². The molecule has 0 bridgehead atoms. The summed E-state index contributed by atoms with van der Waals surface area (Å²) in [6, 6.07) is 4.32. The highest BCUT2D eigenvalue weighted by Crippen LogP contribution is 2.18. The van der Waals surface area contributed by atoms with Gasteiger partial charge in [-0.25, -0.2) is 13.2 Å². The fraction of sp³-hybridized carbons (Fsp3) is 0.556. The van der Waals surface area contributed by atoms with Gasteiger partial charge in [0, 0.05) is 19.3 Å². The lowest BCUT2D eigenvalue weighted by Crippen LogP contribution is -2.40. The van der Waals surface area contributed by atoms with Gasteiger partial charge in [0.15, 0.2) is 15.9 Å². The normalized spacial score (nSPS) is 16.8. The van der Waals surface area contributed by atoms with Crippen molar-refractivity contribution in [3.63, 3.8) is 0 Å². The molecule has 0 radical (unpaired) electrons. The van der Waals surface area contributed by atoms with Gasteiger partial charge in [0.1, 0.15) is 0 Å². The number of nitrogens with zero attached hydrogens (tertiary/aromatic N) is 1. The molecule has 1 heterocycles. The summed E-state index contributed by atoms with van der Waals surface area (Å²) in [5.74, 6) is -0.883. The highest BCUT2D eigenvalue weighted by molar-refractivity contribution is 7.90. The fourth-order valence-corrected chi connectivity index (χ4v) is 3.52. The van der Waals surface area contributed by atoms with Crippen LogP contribution in [0.25, 0.3) is 0 Å². The standard InChI is InChI=1S/C18H25NO5S/c1-13-8-9-15(25(3,22)23)12-16(13)18(21)24-14(2)17(20)19-10-6-4-5-7-11-19/h8-9,12,14H,4-7,10-11H2,1-3H3/t14-/m1/s1. The minimum Gasteiger partial charge on any atom is -0.449 e. The Kier molecular flexibility index (Phi) is 6.21. The molecule has 0 saturated carbocycles. The van der Waals surface area contributed by atoms with E-state index in [4.69, 9.17) is 4.74 Å². The third-order valence-corrected chi connectivity index (χ3v) is 5.52. The molecule has 1 amide bonds. The Morgan fingerprint density at radius 1 is 1.12 bits per heavy atom. The van der Waals surface area contributed by atoms with Crippen molar-refractivity contribution in [2.45, 2.75) is 50.5 Å². The summed E-state index contributed by atoms with van der Waals surface area (Å²) in [6.45, 7) is 4.62. The number of ether oxygens (including phenoxy) is 1. The zero-order valence-electron chi connectivity index (χ0n) is 14.9. The maximum absolute atomic E-state index is 12.5. The van der Waals surface area contributed by atoms with Crippen molar-refractivity contribution in [2.75, 3.05) is 19.3 Å². The number of carbonyl (C=O) groups is 2. The predicted octanol–water partition coefficient (Wildman–Crippen LogP) is 2.35. The van der Waals surface area contributed by atoms with E-state index < -0.39 is 21.9 Å². The van der Waals surface area contributed by atoms with Crippen molar-refractivity contribution in [2.24, 2.45) is 0 Å². The fourth-order valence-electron chi connectivity index (χ4n) is 2.87. The highest BCUT2D eigenvalue weighted by Gasteiger charge is 2.26. The maximum Gasteiger partial charge on any atom is 0.339 e. The molecule has 0 aromatic heterocycles. The van der Waals surface area contributed by atoms with E-state index in [0.29, 0.717) is 18.7 Å². The Hall–Kier alpha value is -1.89. The van der Waals surface area contributed by atoms with Gasteiger partial charge in [-0.1, -0.05) is 18.9 Å². The van der Waals surface area contributed by atoms with Crippen LogP contribution >= 0.6 is 0 Å². The van der Waals surface area contributed by atoms with Crippen LogP contribution in [0.3, 0.4) is 0 Å². The summed E-state index contributed by atoms with van der Waals surface area (Å²) in [7, 11) is -3.42. The summed E-state index contributed by atoms with van der Waals surface area (Å²) in [5, 5.41) is 0. The molecule has 138 valence electrons. The van der Waals surface area contributed by atoms with Gasteiger partial charge in [0.25, 0.3) is 5.91 Å². The van der Waals surface area contributed by atoms with Gasteiger partial charge in [-0.3, -0.25) is 4.79 Å². The van der Waals surface area contributed by atoms with Crippen molar-refractivity contribution < 1.29 is 22.7 Å². The lowest BCUT2D eigenvalue weighted by atomic mass is 10.1. The number of aryl methyl sites for hydroxylation is 1. The molecule has 0 aliphatic carbocycles. The smallest absolute Gasteiger partial charge is 0.339 e. The first-order valence-corrected chi connectivity index (χ1v) is 10.4. The van der Waals surface area contributed by atoms with Crippen molar-refractivity contribution in [1.29, 1.82) is 0 Å². The van der Waals surface area contributed by atoms with Gasteiger partial charge in [0.05, 0.1) is 10.5 Å². The molecule has 1 aliphatic heterocycles. The van der Waals surface area contributed by atoms with E-state index in [2.05, 4.69) is 0 Å². The topological polar surface area (TPSA) is 80.7 Å². The van der Waals surface area contributed by atoms with E-state index in [1.54, 1.807) is 24.8 Å². The van der Waals surface area contributed by atoms with Crippen LogP contribution in [0, 0.1) is 6.92 Å². The largest absolute Gasteiger partial charge is 0.449 e. The van der Waals surface area contributed by atoms with E-state index >= 15 is 0 Å². The third-order valence-electron chi connectivity index (χ3n) is 4.41. The zero-order chi connectivity index (χ0) is 18.6. The molecule has 1 atom stereocenters. The van der Waals surface area contributed by atoms with E-state index in [1.807, 2.05) is 0 Å². The van der Waals surface area contributed by atoms with Crippen LogP contribution in [-0.2, 0) is 19.4 Å². The Bertz CT molecular complexity index is 749. The van der Waals surface area contributed by atoms with Crippen molar-refractivity contribution in [3.05, 3.63) is 29.3 Å². The van der Waals surface area contributed by atoms with Gasteiger partial charge >= 0.3 is 5.97 Å². The Labute approximate surface area is 149 Å². The Morgan fingerprint density at radius 2 is 1.72 bits per heavy atom. The van der Waals surface area contributed by atoms with Gasteiger partial charge in [-0.05, 0) is 44.4 Å². The first-order valence-electron chi connectivity index (χ1n) is 8.50. The molecule has 0 spiro atoms. The van der Waals surface area contributed by atoms with E-state index in [9.17, 15) is 18.0 Å². The molecular formula is C18H25NO5S. The highest BCUT2D eigenvalue weighted by atomic mass is 32.2. The number of hydrogen-bond donors (Lipinski definition) is 0. The minimum absolute atomic E-state index is 0.0524. The second kappa shape index (κ2) is 7.99. The molecule has 0 N–H and O–H groups in total. The molecule has 1 aromatic rings. The molecule has 1 aromatic carbocycles. The Morgan fingerprint density at radius 3 is 2.28 bits per heavy atom. The molecule has 1 fully saturated rings. The van der Waals surface area contributed by atoms with Gasteiger partial charge < -0.3 is 9.64 Å². The van der Waals surface area contributed by atoms with Gasteiger partial charge in [-0.2, -0.15) is 0 Å². The predicted molar refractivity (Wildman–Crippen MR) is 94.2 cm³/mol. The average molecular weight is 367 g/mol. The van der Waals surface area contributed by atoms with Crippen molar-refractivity contribution in [3.8, 4) is 0 Å². The summed E-state index contributed by atoms with van der Waals surface area (Å²) < 4.78 is 28.7. The third kappa shape index (κ3) is 5.04. The number of sulfone groups is 1. The van der Waals surface area contributed by atoms with Crippen molar-refractivity contribution in [1.82, 2.24) is 4.90 Å². The van der Waals surface area contributed by atoms with Crippen LogP contribution < -0.4 is 0 Å². The molecule has 7 heteroatoms. The van der Waals surface area contributed by atoms with Crippen LogP contribution in [0.2, 0.25) is 0 Å². The molecular weight excluding hydrogens is 342 g/mol. The summed E-state index contributed by atoms with van der Waals surface area (Å²) in [6.07, 6.45) is 4.32. The SMILES string of the molecule is Cc1ccc(S(C)(=O)=O)cc1C(=O)O[C@H](C)C(=O)N1CCCCCC1. The number of rotatable bonds is 4. The Balaban J connectivity index is 2.11. The number of benzene rings is 1. The van der Waals surface area contributed by atoms with E-state index in [1.165, 1.54) is 12.1 Å². The van der Waals surface area contributed by atoms with Crippen LogP contribution in [0.15, 0.2) is 23.1 Å². The molecule has 25 heavy (non-hydrogen) atoms. The molecule has 6 nitrogen and oxygen atoms in total. The maximum atomic E-state index is 12.5. The number of hydrogen-bond acceptors (Lipinski definition) is 5. The second-order valence-corrected chi connectivity index (χ2v) is 8.55. The number of likely N-dealkylation sites (tertiary alicyclic amines) is 1. The zero-order valence-corrected chi connectivity index (χ0v) is 15.8. The number of amides is 1. The summed E-state index contributed by atoms with van der Waals surface area (Å²) >= 11 is 0. The number of esters is 1. The number of carbonyl (C=O) groups excluding carboxylic acids is 2. The first kappa shape index (κ1) is 19.4. The lowest BCUT2D eigenvalue weighted by Gasteiger charge is -2.24. The van der Waals surface area contributed by atoms with Gasteiger partial charge in [-0.15, -0.1) is 0 Å².